The number of carbonyl (C=O) groups excluding carboxylic acids is 1. The fourth-order valence-electron chi connectivity index (χ4n) is 2.45. The van der Waals surface area contributed by atoms with Gasteiger partial charge in [0.1, 0.15) is 5.75 Å². The van der Waals surface area contributed by atoms with E-state index >= 15 is 0 Å². The molecular weight excluding hydrogens is 352 g/mol. The Kier molecular flexibility index (Phi) is 10.9. The van der Waals surface area contributed by atoms with Crippen LogP contribution in [0.3, 0.4) is 0 Å². The Hall–Kier alpha value is -1.67. The molecule has 1 aromatic rings. The summed E-state index contributed by atoms with van der Waals surface area (Å²) in [5.74, 6) is 0.455. The Morgan fingerprint density at radius 3 is 2.12 bits per heavy atom. The second kappa shape index (κ2) is 12.6. The number of hydrogen-bond acceptors (Lipinski definition) is 6. The van der Waals surface area contributed by atoms with Gasteiger partial charge in [0.05, 0.1) is 13.7 Å². The number of hydrogen-bond donors (Lipinski definition) is 0. The molecule has 0 heterocycles. The van der Waals surface area contributed by atoms with Gasteiger partial charge in [-0.25, -0.2) is 4.79 Å². The standard InChI is InChI=1S/C19H30O6Si/c1-21-19(20)14-11-17-9-12-18(13-10-17)25-15-7-5-6-8-16-26(22-2,23-3)24-4/h9-14H,5-8,15-16H2,1-4H3. The van der Waals surface area contributed by atoms with Gasteiger partial charge in [0.15, 0.2) is 0 Å². The topological polar surface area (TPSA) is 63.2 Å². The van der Waals surface area contributed by atoms with Crippen LogP contribution in [0, 0.1) is 0 Å². The number of carbonyl (C=O) groups is 1. The van der Waals surface area contributed by atoms with E-state index < -0.39 is 8.80 Å². The Morgan fingerprint density at radius 1 is 0.923 bits per heavy atom. The van der Waals surface area contributed by atoms with Crippen molar-refractivity contribution in [3.05, 3.63) is 35.9 Å². The number of benzene rings is 1. The summed E-state index contributed by atoms with van der Waals surface area (Å²) in [5.41, 5.74) is 0.921. The van der Waals surface area contributed by atoms with Crippen LogP contribution in [-0.2, 0) is 22.8 Å². The van der Waals surface area contributed by atoms with Crippen LogP contribution >= 0.6 is 0 Å². The molecule has 0 aliphatic carbocycles. The lowest BCUT2D eigenvalue weighted by atomic mass is 10.2. The van der Waals surface area contributed by atoms with Crippen LogP contribution in [-0.4, -0.2) is 49.8 Å². The molecule has 26 heavy (non-hydrogen) atoms. The molecule has 0 aliphatic rings. The average Bonchev–Trinajstić information content (AvgIpc) is 2.69. The molecular formula is C19H30O6Si. The van der Waals surface area contributed by atoms with E-state index in [-0.39, 0.29) is 5.97 Å². The highest BCUT2D eigenvalue weighted by Gasteiger charge is 2.36. The second-order valence-electron chi connectivity index (χ2n) is 5.73. The van der Waals surface area contributed by atoms with Crippen molar-refractivity contribution in [1.29, 1.82) is 0 Å². The summed E-state index contributed by atoms with van der Waals surface area (Å²) in [6.45, 7) is 0.679. The molecule has 0 bridgehead atoms. The fraction of sp³-hybridized carbons (Fsp3) is 0.526. The number of unbranched alkanes of at least 4 members (excludes halogenated alkanes) is 3. The van der Waals surface area contributed by atoms with Crippen LogP contribution in [0.2, 0.25) is 6.04 Å². The summed E-state index contributed by atoms with van der Waals surface area (Å²) in [6.07, 6.45) is 7.28. The zero-order chi connectivity index (χ0) is 19.3. The quantitative estimate of drug-likeness (QED) is 0.224. The van der Waals surface area contributed by atoms with Crippen LogP contribution < -0.4 is 4.74 Å². The summed E-state index contributed by atoms with van der Waals surface area (Å²) in [6, 6.07) is 8.43. The van der Waals surface area contributed by atoms with Crippen LogP contribution in [0.25, 0.3) is 6.08 Å². The van der Waals surface area contributed by atoms with Crippen molar-refractivity contribution < 1.29 is 27.5 Å². The van der Waals surface area contributed by atoms with E-state index in [9.17, 15) is 4.79 Å². The number of esters is 1. The molecule has 146 valence electrons. The maximum atomic E-state index is 11.1. The summed E-state index contributed by atoms with van der Waals surface area (Å²) in [5, 5.41) is 0. The Labute approximate surface area is 157 Å². The van der Waals surface area contributed by atoms with Crippen molar-refractivity contribution in [2.75, 3.05) is 35.0 Å². The molecule has 0 amide bonds. The summed E-state index contributed by atoms with van der Waals surface area (Å²) >= 11 is 0. The molecule has 0 radical (unpaired) electrons. The van der Waals surface area contributed by atoms with E-state index in [4.69, 9.17) is 18.0 Å². The van der Waals surface area contributed by atoms with Gasteiger partial charge in [-0.1, -0.05) is 25.0 Å². The first kappa shape index (κ1) is 22.4. The van der Waals surface area contributed by atoms with Crippen molar-refractivity contribution in [3.8, 4) is 5.75 Å². The third kappa shape index (κ3) is 8.14. The van der Waals surface area contributed by atoms with E-state index in [0.717, 1.165) is 43.0 Å². The average molecular weight is 383 g/mol. The third-order valence-electron chi connectivity index (χ3n) is 4.07. The van der Waals surface area contributed by atoms with Gasteiger partial charge < -0.3 is 22.8 Å². The predicted octanol–water partition coefficient (Wildman–Crippen LogP) is 3.69. The van der Waals surface area contributed by atoms with Crippen molar-refractivity contribution in [3.63, 3.8) is 0 Å². The zero-order valence-electron chi connectivity index (χ0n) is 16.2. The van der Waals surface area contributed by atoms with Gasteiger partial charge in [0.25, 0.3) is 0 Å². The minimum Gasteiger partial charge on any atom is -0.494 e. The number of ether oxygens (including phenoxy) is 2. The minimum atomic E-state index is -2.43. The Balaban J connectivity index is 2.20. The lowest BCUT2D eigenvalue weighted by molar-refractivity contribution is -0.134. The highest BCUT2D eigenvalue weighted by Crippen LogP contribution is 2.18. The molecule has 1 rings (SSSR count). The first-order valence-corrected chi connectivity index (χ1v) is 10.7. The van der Waals surface area contributed by atoms with Crippen molar-refractivity contribution in [2.45, 2.75) is 31.7 Å². The highest BCUT2D eigenvalue weighted by atomic mass is 28.4. The summed E-state index contributed by atoms with van der Waals surface area (Å²) in [7, 11) is 3.86. The number of rotatable bonds is 13. The smallest absolute Gasteiger partial charge is 0.494 e. The maximum absolute atomic E-state index is 11.1. The molecule has 1 aromatic carbocycles. The van der Waals surface area contributed by atoms with Gasteiger partial charge in [0, 0.05) is 33.4 Å². The van der Waals surface area contributed by atoms with Crippen molar-refractivity contribution in [2.24, 2.45) is 0 Å². The largest absolute Gasteiger partial charge is 0.500 e. The van der Waals surface area contributed by atoms with Gasteiger partial charge >= 0.3 is 14.8 Å². The minimum absolute atomic E-state index is 0.369. The Morgan fingerprint density at radius 2 is 1.54 bits per heavy atom. The van der Waals surface area contributed by atoms with E-state index in [1.807, 2.05) is 24.3 Å². The van der Waals surface area contributed by atoms with Gasteiger partial charge in [-0.05, 0) is 36.6 Å². The predicted molar refractivity (Wildman–Crippen MR) is 103 cm³/mol. The first-order chi connectivity index (χ1) is 12.6. The maximum Gasteiger partial charge on any atom is 0.500 e. The van der Waals surface area contributed by atoms with Gasteiger partial charge in [-0.3, -0.25) is 0 Å². The van der Waals surface area contributed by atoms with Gasteiger partial charge in [-0.15, -0.1) is 0 Å². The van der Waals surface area contributed by atoms with Crippen molar-refractivity contribution >= 4 is 20.8 Å². The molecule has 0 saturated carbocycles. The monoisotopic (exact) mass is 382 g/mol. The van der Waals surface area contributed by atoms with Gasteiger partial charge in [-0.2, -0.15) is 0 Å². The van der Waals surface area contributed by atoms with E-state index in [1.54, 1.807) is 27.4 Å². The molecule has 6 nitrogen and oxygen atoms in total. The summed E-state index contributed by atoms with van der Waals surface area (Å²) in [4.78, 5) is 11.1. The van der Waals surface area contributed by atoms with Crippen LogP contribution in [0.5, 0.6) is 5.75 Å². The molecule has 0 unspecified atom stereocenters. The lowest BCUT2D eigenvalue weighted by Crippen LogP contribution is -2.42. The first-order valence-electron chi connectivity index (χ1n) is 8.73. The van der Waals surface area contributed by atoms with Gasteiger partial charge in [0.2, 0.25) is 0 Å². The highest BCUT2D eigenvalue weighted by molar-refractivity contribution is 6.60. The van der Waals surface area contributed by atoms with Crippen molar-refractivity contribution in [1.82, 2.24) is 0 Å². The fourth-order valence-corrected chi connectivity index (χ4v) is 4.25. The molecule has 0 N–H and O–H groups in total. The second-order valence-corrected chi connectivity index (χ2v) is 8.82. The molecule has 0 aromatic heterocycles. The zero-order valence-corrected chi connectivity index (χ0v) is 17.2. The van der Waals surface area contributed by atoms with Crippen LogP contribution in [0.4, 0.5) is 0 Å². The SMILES string of the molecule is COC(=O)C=Cc1ccc(OCCCCCC[Si](OC)(OC)OC)cc1. The molecule has 0 aliphatic heterocycles. The van der Waals surface area contributed by atoms with Crippen LogP contribution in [0.1, 0.15) is 31.2 Å². The molecule has 0 spiro atoms. The lowest BCUT2D eigenvalue weighted by Gasteiger charge is -2.24. The van der Waals surface area contributed by atoms with E-state index in [0.29, 0.717) is 6.61 Å². The molecule has 7 heteroatoms. The van der Waals surface area contributed by atoms with E-state index in [2.05, 4.69) is 4.74 Å². The molecule has 0 saturated heterocycles. The summed E-state index contributed by atoms with van der Waals surface area (Å²) < 4.78 is 26.5. The normalized spacial score (nSPS) is 11.7. The number of methoxy groups -OCH3 is 1. The third-order valence-corrected chi connectivity index (χ3v) is 6.90. The van der Waals surface area contributed by atoms with Crippen LogP contribution in [0.15, 0.2) is 30.3 Å². The Bertz CT molecular complexity index is 531. The molecule has 0 atom stereocenters. The van der Waals surface area contributed by atoms with E-state index in [1.165, 1.54) is 13.2 Å². The molecule has 0 fully saturated rings.